The van der Waals surface area contributed by atoms with Crippen molar-refractivity contribution in [2.75, 3.05) is 7.11 Å². The van der Waals surface area contributed by atoms with Crippen LogP contribution in [-0.4, -0.2) is 45.4 Å². The third kappa shape index (κ3) is 3.11. The molecule has 0 unspecified atom stereocenters. The predicted octanol–water partition coefficient (Wildman–Crippen LogP) is 1.77. The second-order valence-corrected chi connectivity index (χ2v) is 5.15. The van der Waals surface area contributed by atoms with Gasteiger partial charge in [0.1, 0.15) is 22.6 Å². The average Bonchev–Trinajstić information content (AvgIpc) is 2.52. The number of phenols is 1. The standard InChI is InChI=1S/C16H14O9/c1-6-3-10(14(18)19)25-5-7(6)11-12(15(20)21)8(17)4-9(24-2)13(11)16(22)23/h3-6,17H,1-2H3,(H,18,19)(H,20,21)(H,22,23)/t6-/m1/s1. The van der Waals surface area contributed by atoms with E-state index in [4.69, 9.17) is 14.6 Å². The lowest BCUT2D eigenvalue weighted by Crippen LogP contribution is -2.17. The molecular formula is C16H14O9. The second-order valence-electron chi connectivity index (χ2n) is 5.15. The van der Waals surface area contributed by atoms with E-state index in [1.165, 1.54) is 20.1 Å². The number of allylic oxidation sites excluding steroid dienone is 2. The van der Waals surface area contributed by atoms with Crippen LogP contribution >= 0.6 is 0 Å². The van der Waals surface area contributed by atoms with Crippen LogP contribution in [-0.2, 0) is 9.53 Å². The number of hydrogen-bond donors (Lipinski definition) is 4. The number of ether oxygens (including phenoxy) is 2. The summed E-state index contributed by atoms with van der Waals surface area (Å²) in [5.74, 6) is -6.36. The Morgan fingerprint density at radius 3 is 2.12 bits per heavy atom. The lowest BCUT2D eigenvalue weighted by atomic mass is 9.85. The van der Waals surface area contributed by atoms with E-state index in [1.807, 2.05) is 0 Å². The van der Waals surface area contributed by atoms with Crippen molar-refractivity contribution in [2.45, 2.75) is 6.92 Å². The van der Waals surface area contributed by atoms with Crippen LogP contribution in [0.15, 0.2) is 24.2 Å². The number of aromatic hydroxyl groups is 1. The Morgan fingerprint density at radius 1 is 1.08 bits per heavy atom. The first-order valence-electron chi connectivity index (χ1n) is 6.91. The maximum Gasteiger partial charge on any atom is 0.371 e. The fraction of sp³-hybridized carbons (Fsp3) is 0.188. The van der Waals surface area contributed by atoms with Gasteiger partial charge in [0.15, 0.2) is 0 Å². The van der Waals surface area contributed by atoms with Gasteiger partial charge >= 0.3 is 17.9 Å². The highest BCUT2D eigenvalue weighted by molar-refractivity contribution is 6.06. The van der Waals surface area contributed by atoms with Crippen LogP contribution in [0.1, 0.15) is 33.2 Å². The highest BCUT2D eigenvalue weighted by Crippen LogP contribution is 2.41. The van der Waals surface area contributed by atoms with Gasteiger partial charge in [0.2, 0.25) is 5.76 Å². The van der Waals surface area contributed by atoms with Crippen LogP contribution in [0.2, 0.25) is 0 Å². The summed E-state index contributed by atoms with van der Waals surface area (Å²) in [5, 5.41) is 37.9. The molecule has 1 aliphatic heterocycles. The maximum absolute atomic E-state index is 11.7. The smallest absolute Gasteiger partial charge is 0.371 e. The lowest BCUT2D eigenvalue weighted by molar-refractivity contribution is -0.135. The van der Waals surface area contributed by atoms with Gasteiger partial charge in [0.25, 0.3) is 0 Å². The van der Waals surface area contributed by atoms with Crippen LogP contribution in [0, 0.1) is 5.92 Å². The van der Waals surface area contributed by atoms with Crippen LogP contribution in [0.25, 0.3) is 5.57 Å². The van der Waals surface area contributed by atoms with Gasteiger partial charge in [0.05, 0.1) is 13.4 Å². The molecule has 0 aromatic heterocycles. The van der Waals surface area contributed by atoms with Crippen molar-refractivity contribution in [1.29, 1.82) is 0 Å². The predicted molar refractivity (Wildman–Crippen MR) is 82.5 cm³/mol. The number of aliphatic carboxylic acids is 1. The second kappa shape index (κ2) is 6.56. The largest absolute Gasteiger partial charge is 0.507 e. The molecule has 25 heavy (non-hydrogen) atoms. The Labute approximate surface area is 141 Å². The molecular weight excluding hydrogens is 336 g/mol. The molecule has 1 heterocycles. The van der Waals surface area contributed by atoms with Crippen LogP contribution in [0.4, 0.5) is 0 Å². The van der Waals surface area contributed by atoms with Gasteiger partial charge in [-0.05, 0) is 6.08 Å². The first-order chi connectivity index (χ1) is 11.7. The zero-order chi connectivity index (χ0) is 18.9. The Morgan fingerprint density at radius 2 is 1.68 bits per heavy atom. The Balaban J connectivity index is 2.80. The SMILES string of the molecule is COc1cc(O)c(C(=O)O)c(C2=COC(C(=O)O)=C[C@H]2C)c1C(=O)O. The van der Waals surface area contributed by atoms with E-state index in [2.05, 4.69) is 0 Å². The van der Waals surface area contributed by atoms with Crippen molar-refractivity contribution in [3.63, 3.8) is 0 Å². The zero-order valence-corrected chi connectivity index (χ0v) is 13.1. The highest BCUT2D eigenvalue weighted by atomic mass is 16.5. The Hall–Kier alpha value is -3.49. The fourth-order valence-corrected chi connectivity index (χ4v) is 2.52. The van der Waals surface area contributed by atoms with E-state index in [0.717, 1.165) is 12.3 Å². The van der Waals surface area contributed by atoms with Crippen molar-refractivity contribution in [3.8, 4) is 11.5 Å². The molecule has 9 heteroatoms. The van der Waals surface area contributed by atoms with E-state index in [9.17, 15) is 29.7 Å². The van der Waals surface area contributed by atoms with Gasteiger partial charge in [-0.2, -0.15) is 0 Å². The number of aromatic carboxylic acids is 2. The topological polar surface area (TPSA) is 151 Å². The molecule has 1 aromatic rings. The molecule has 0 radical (unpaired) electrons. The Bertz CT molecular complexity index is 832. The third-order valence-electron chi connectivity index (χ3n) is 3.62. The molecule has 2 rings (SSSR count). The number of carbonyl (C=O) groups is 3. The first kappa shape index (κ1) is 17.9. The number of benzene rings is 1. The maximum atomic E-state index is 11.7. The van der Waals surface area contributed by atoms with Crippen molar-refractivity contribution < 1.29 is 44.3 Å². The van der Waals surface area contributed by atoms with E-state index < -0.39 is 40.7 Å². The monoisotopic (exact) mass is 350 g/mol. The molecule has 0 spiro atoms. The van der Waals surface area contributed by atoms with E-state index in [1.54, 1.807) is 0 Å². The minimum atomic E-state index is -1.56. The molecule has 132 valence electrons. The highest BCUT2D eigenvalue weighted by Gasteiger charge is 2.32. The summed E-state index contributed by atoms with van der Waals surface area (Å²) in [4.78, 5) is 34.2. The van der Waals surface area contributed by atoms with Gasteiger partial charge in [0, 0.05) is 23.1 Å². The fourth-order valence-electron chi connectivity index (χ4n) is 2.52. The molecule has 1 atom stereocenters. The van der Waals surface area contributed by atoms with Gasteiger partial charge in [-0.25, -0.2) is 14.4 Å². The molecule has 0 bridgehead atoms. The van der Waals surface area contributed by atoms with Crippen molar-refractivity contribution >= 4 is 23.5 Å². The van der Waals surface area contributed by atoms with Crippen molar-refractivity contribution in [3.05, 3.63) is 40.9 Å². The van der Waals surface area contributed by atoms with Gasteiger partial charge in [-0.3, -0.25) is 0 Å². The van der Waals surface area contributed by atoms with Gasteiger partial charge in [-0.15, -0.1) is 0 Å². The number of rotatable bonds is 5. The molecule has 0 amide bonds. The molecule has 1 aromatic carbocycles. The summed E-state index contributed by atoms with van der Waals surface area (Å²) in [6.45, 7) is 1.53. The number of carboxylic acids is 3. The van der Waals surface area contributed by atoms with Crippen LogP contribution < -0.4 is 4.74 Å². The van der Waals surface area contributed by atoms with Gasteiger partial charge < -0.3 is 29.9 Å². The summed E-state index contributed by atoms with van der Waals surface area (Å²) in [7, 11) is 1.17. The lowest BCUT2D eigenvalue weighted by Gasteiger charge is -2.23. The molecule has 0 saturated carbocycles. The van der Waals surface area contributed by atoms with Gasteiger partial charge in [-0.1, -0.05) is 6.92 Å². The molecule has 0 fully saturated rings. The summed E-state index contributed by atoms with van der Waals surface area (Å²) in [6.07, 6.45) is 2.16. The van der Waals surface area contributed by atoms with Crippen molar-refractivity contribution in [1.82, 2.24) is 0 Å². The van der Waals surface area contributed by atoms with Crippen LogP contribution in [0.5, 0.6) is 11.5 Å². The molecule has 9 nitrogen and oxygen atoms in total. The summed E-state index contributed by atoms with van der Waals surface area (Å²) in [5.41, 5.74) is -1.36. The molecule has 0 aliphatic carbocycles. The number of methoxy groups -OCH3 is 1. The quantitative estimate of drug-likeness (QED) is 0.622. The zero-order valence-electron chi connectivity index (χ0n) is 13.1. The Kier molecular flexibility index (Phi) is 4.68. The average molecular weight is 350 g/mol. The molecule has 4 N–H and O–H groups in total. The van der Waals surface area contributed by atoms with E-state index in [-0.39, 0.29) is 22.6 Å². The molecule has 0 saturated heterocycles. The molecule has 1 aliphatic rings. The summed E-state index contributed by atoms with van der Waals surface area (Å²) >= 11 is 0. The van der Waals surface area contributed by atoms with E-state index in [0.29, 0.717) is 0 Å². The third-order valence-corrected chi connectivity index (χ3v) is 3.62. The minimum absolute atomic E-state index is 0.0778. The number of carboxylic acid groups (broad SMARTS) is 3. The van der Waals surface area contributed by atoms with E-state index >= 15 is 0 Å². The van der Waals surface area contributed by atoms with Crippen LogP contribution in [0.3, 0.4) is 0 Å². The van der Waals surface area contributed by atoms with Crippen molar-refractivity contribution in [2.24, 2.45) is 5.92 Å². The summed E-state index contributed by atoms with van der Waals surface area (Å²) in [6, 6.07) is 0.893. The summed E-state index contributed by atoms with van der Waals surface area (Å²) < 4.78 is 9.89. The normalized spacial score (nSPS) is 16.3. The minimum Gasteiger partial charge on any atom is -0.507 e. The number of hydrogen-bond acceptors (Lipinski definition) is 6. The first-order valence-corrected chi connectivity index (χ1v) is 6.91.